The van der Waals surface area contributed by atoms with Crippen LogP contribution in [0.4, 0.5) is 0 Å². The maximum Gasteiger partial charge on any atom is 0.340 e. The highest BCUT2D eigenvalue weighted by Crippen LogP contribution is 2.68. The first-order valence-electron chi connectivity index (χ1n) is 18.9. The number of unbranched alkanes of at least 4 members (excludes halogenated alkanes) is 2. The lowest BCUT2D eigenvalue weighted by molar-refractivity contribution is -0.311. The monoisotopic (exact) mass is 755 g/mol. The molecule has 2 heterocycles. The van der Waals surface area contributed by atoms with E-state index in [1.807, 2.05) is 13.8 Å². The van der Waals surface area contributed by atoms with Gasteiger partial charge in [0.2, 0.25) is 0 Å². The molecule has 12 nitrogen and oxygen atoms in total. The van der Waals surface area contributed by atoms with Crippen molar-refractivity contribution in [2.24, 2.45) is 17.3 Å². The topological polar surface area (TPSA) is 154 Å². The van der Waals surface area contributed by atoms with Gasteiger partial charge in [0.05, 0.1) is 33.6 Å². The number of benzene rings is 2. The fourth-order valence-corrected chi connectivity index (χ4v) is 9.17. The first kappa shape index (κ1) is 39.6. The predicted octanol–water partition coefficient (Wildman–Crippen LogP) is 6.71. The van der Waals surface area contributed by atoms with Crippen molar-refractivity contribution >= 4 is 29.8 Å². The molecule has 9 atom stereocenters. The Hall–Kier alpha value is -5.10. The average Bonchev–Trinajstić information content (AvgIpc) is 3.37. The molecule has 2 aliphatic carbocycles. The molecule has 0 N–H and O–H groups in total. The molecule has 9 unspecified atom stereocenters. The Balaban J connectivity index is 1.58. The fraction of sp³-hybridized carbons (Fsp3) is 0.488. The molecule has 0 radical (unpaired) electrons. The molecule has 3 fully saturated rings. The third-order valence-corrected chi connectivity index (χ3v) is 11.5. The summed E-state index contributed by atoms with van der Waals surface area (Å²) >= 11 is 0. The SMILES string of the molecule is CCCCCC(=O)OC1CC(C)C23OC(C)(C)C(C(OC(=O)c4cccnc4)C(OC(=O)c4ccccc4)C2(C)C1OC(=O)c1ccccc1)C3OC(C)=O. The Kier molecular flexibility index (Phi) is 11.5. The second-order valence-electron chi connectivity index (χ2n) is 15.5. The number of hydrogen-bond acceptors (Lipinski definition) is 12. The van der Waals surface area contributed by atoms with Gasteiger partial charge in [0.15, 0.2) is 12.2 Å². The second kappa shape index (κ2) is 15.9. The van der Waals surface area contributed by atoms with Gasteiger partial charge in [0.1, 0.15) is 23.9 Å². The fourth-order valence-electron chi connectivity index (χ4n) is 9.17. The Labute approximate surface area is 321 Å². The molecule has 12 heteroatoms. The van der Waals surface area contributed by atoms with E-state index in [1.54, 1.807) is 87.5 Å². The van der Waals surface area contributed by atoms with Crippen LogP contribution < -0.4 is 0 Å². The Morgan fingerprint density at radius 2 is 1.31 bits per heavy atom. The molecule has 0 amide bonds. The van der Waals surface area contributed by atoms with E-state index in [2.05, 4.69) is 4.98 Å². The van der Waals surface area contributed by atoms with Crippen molar-refractivity contribution in [3.8, 4) is 0 Å². The van der Waals surface area contributed by atoms with E-state index in [0.717, 1.165) is 12.8 Å². The molecule has 1 aliphatic heterocycles. The first-order valence-corrected chi connectivity index (χ1v) is 18.9. The lowest BCUT2D eigenvalue weighted by Crippen LogP contribution is -2.79. The summed E-state index contributed by atoms with van der Waals surface area (Å²) in [6.45, 7) is 10.5. The largest absolute Gasteiger partial charge is 0.459 e. The van der Waals surface area contributed by atoms with E-state index >= 15 is 0 Å². The molecule has 3 aliphatic rings. The Morgan fingerprint density at radius 3 is 1.87 bits per heavy atom. The molecule has 2 aromatic carbocycles. The number of carbonyl (C=O) groups is 5. The van der Waals surface area contributed by atoms with Crippen LogP contribution in [0.2, 0.25) is 0 Å². The molecule has 2 bridgehead atoms. The quantitative estimate of drug-likeness (QED) is 0.110. The molecular formula is C43H49NO11. The van der Waals surface area contributed by atoms with Gasteiger partial charge in [-0.25, -0.2) is 14.4 Å². The number of pyridine rings is 1. The van der Waals surface area contributed by atoms with Crippen LogP contribution in [-0.2, 0) is 38.0 Å². The number of nitrogens with zero attached hydrogens (tertiary/aromatic N) is 1. The lowest BCUT2D eigenvalue weighted by atomic mass is 9.47. The minimum Gasteiger partial charge on any atom is -0.459 e. The Morgan fingerprint density at radius 1 is 0.727 bits per heavy atom. The maximum atomic E-state index is 14.2. The second-order valence-corrected chi connectivity index (χ2v) is 15.5. The summed E-state index contributed by atoms with van der Waals surface area (Å²) < 4.78 is 39.0. The zero-order valence-corrected chi connectivity index (χ0v) is 32.1. The molecule has 3 aromatic rings. The smallest absolute Gasteiger partial charge is 0.340 e. The van der Waals surface area contributed by atoms with Gasteiger partial charge >= 0.3 is 29.8 Å². The van der Waals surface area contributed by atoms with Crippen LogP contribution in [0.3, 0.4) is 0 Å². The minimum absolute atomic E-state index is 0.126. The number of fused-ring (bicyclic) bond motifs is 1. The molecule has 1 aromatic heterocycles. The van der Waals surface area contributed by atoms with Crippen LogP contribution in [0.5, 0.6) is 0 Å². The summed E-state index contributed by atoms with van der Waals surface area (Å²) in [5.74, 6) is -4.81. The zero-order chi connectivity index (χ0) is 39.5. The van der Waals surface area contributed by atoms with Gasteiger partial charge in [0.25, 0.3) is 0 Å². The van der Waals surface area contributed by atoms with Crippen LogP contribution in [0.15, 0.2) is 85.2 Å². The van der Waals surface area contributed by atoms with Crippen molar-refractivity contribution in [2.45, 2.75) is 115 Å². The van der Waals surface area contributed by atoms with E-state index in [0.29, 0.717) is 6.42 Å². The zero-order valence-electron chi connectivity index (χ0n) is 32.1. The highest BCUT2D eigenvalue weighted by atomic mass is 16.6. The minimum atomic E-state index is -1.70. The van der Waals surface area contributed by atoms with Crippen molar-refractivity contribution in [3.63, 3.8) is 0 Å². The number of carbonyl (C=O) groups excluding carboxylic acids is 5. The highest BCUT2D eigenvalue weighted by molar-refractivity contribution is 5.91. The third kappa shape index (κ3) is 7.36. The standard InChI is InChI=1S/C43H49NO11/c1-7-8-11-22-32(46)51-31-24-26(2)43-36(50-27(3)45)33(41(4,5)55-43)34(52-40(49)30-21-16-23-44-25-30)37(54-39(48)29-19-14-10-15-20-29)42(43,6)35(31)53-38(47)28-17-12-9-13-18-28/h9-10,12-21,23,25-26,31,33-37H,7-8,11,22,24H2,1-6H3. The van der Waals surface area contributed by atoms with Crippen molar-refractivity contribution in [1.29, 1.82) is 0 Å². The summed E-state index contributed by atoms with van der Waals surface area (Å²) in [5, 5.41) is 0. The summed E-state index contributed by atoms with van der Waals surface area (Å²) in [4.78, 5) is 73.1. The average molecular weight is 756 g/mol. The predicted molar refractivity (Wildman–Crippen MR) is 198 cm³/mol. The van der Waals surface area contributed by atoms with Gasteiger partial charge < -0.3 is 28.4 Å². The van der Waals surface area contributed by atoms with Crippen molar-refractivity contribution in [3.05, 3.63) is 102 Å². The van der Waals surface area contributed by atoms with Crippen LogP contribution in [0.25, 0.3) is 0 Å². The third-order valence-electron chi connectivity index (χ3n) is 11.5. The van der Waals surface area contributed by atoms with Gasteiger partial charge in [-0.3, -0.25) is 14.6 Å². The number of aromatic nitrogens is 1. The lowest BCUT2D eigenvalue weighted by Gasteiger charge is -2.63. The van der Waals surface area contributed by atoms with Gasteiger partial charge in [0, 0.05) is 25.7 Å². The Bertz CT molecular complexity index is 1870. The molecule has 2 saturated carbocycles. The van der Waals surface area contributed by atoms with Crippen molar-refractivity contribution < 1.29 is 52.4 Å². The summed E-state index contributed by atoms with van der Waals surface area (Å²) in [5.41, 5.74) is -3.84. The van der Waals surface area contributed by atoms with Gasteiger partial charge in [-0.1, -0.05) is 63.1 Å². The van der Waals surface area contributed by atoms with Crippen LogP contribution in [0, 0.1) is 17.3 Å². The van der Waals surface area contributed by atoms with E-state index in [1.165, 1.54) is 25.4 Å². The van der Waals surface area contributed by atoms with Crippen molar-refractivity contribution in [2.75, 3.05) is 0 Å². The van der Waals surface area contributed by atoms with Crippen molar-refractivity contribution in [1.82, 2.24) is 4.98 Å². The van der Waals surface area contributed by atoms with Gasteiger partial charge in [-0.2, -0.15) is 0 Å². The normalized spacial score (nSPS) is 30.3. The van der Waals surface area contributed by atoms with Gasteiger partial charge in [-0.15, -0.1) is 0 Å². The van der Waals surface area contributed by atoms with Crippen LogP contribution in [-0.4, -0.2) is 76.6 Å². The summed E-state index contributed by atoms with van der Waals surface area (Å²) in [7, 11) is 0. The maximum absolute atomic E-state index is 14.2. The molecule has 292 valence electrons. The van der Waals surface area contributed by atoms with Crippen LogP contribution in [0.1, 0.15) is 105 Å². The number of ether oxygens (including phenoxy) is 6. The number of esters is 5. The highest BCUT2D eigenvalue weighted by Gasteiger charge is 2.84. The van der Waals surface area contributed by atoms with E-state index in [9.17, 15) is 24.0 Å². The molecule has 1 spiro atoms. The summed E-state index contributed by atoms with van der Waals surface area (Å²) in [6.07, 6.45) is -0.826. The molecular weight excluding hydrogens is 706 g/mol. The van der Waals surface area contributed by atoms with E-state index in [-0.39, 0.29) is 29.5 Å². The van der Waals surface area contributed by atoms with Crippen LogP contribution >= 0.6 is 0 Å². The molecule has 1 saturated heterocycles. The van der Waals surface area contributed by atoms with E-state index in [4.69, 9.17) is 28.4 Å². The number of hydrogen-bond donors (Lipinski definition) is 0. The summed E-state index contributed by atoms with van der Waals surface area (Å²) in [6, 6.07) is 19.8. The number of rotatable bonds is 12. The molecule has 6 rings (SSSR count). The van der Waals surface area contributed by atoms with Gasteiger partial charge in [-0.05, 0) is 75.9 Å². The van der Waals surface area contributed by atoms with E-state index < -0.39 is 88.8 Å². The molecule has 55 heavy (non-hydrogen) atoms. The first-order chi connectivity index (χ1) is 26.2.